The lowest BCUT2D eigenvalue weighted by molar-refractivity contribution is 0.0736. The molecule has 1 amide bonds. The number of fused-ring (bicyclic) bond motifs is 1. The molecular weight excluding hydrogens is 382 g/mol. The number of allylic oxidation sites excluding steroid dienone is 1. The molecule has 2 heterocycles. The molecular formula is C27H33N3O. The molecule has 0 spiro atoms. The zero-order valence-electron chi connectivity index (χ0n) is 19.2. The molecule has 1 aliphatic heterocycles. The topological polar surface area (TPSA) is 28.5 Å². The van der Waals surface area contributed by atoms with Crippen LogP contribution in [-0.2, 0) is 6.54 Å². The molecule has 0 radical (unpaired) electrons. The molecule has 1 aromatic heterocycles. The number of benzene rings is 2. The first kappa shape index (κ1) is 21.2. The van der Waals surface area contributed by atoms with Gasteiger partial charge in [0.2, 0.25) is 0 Å². The standard InChI is InChI=1S/C27H33N3O/c1-6-12-30-25-11-10-22(19(2)3)18-24(25)21(5)26(30)27(31)29-15-13-28(14-16-29)23-9-7-8-20(4)17-23/h6-11,17-19H,1,12-16H2,2-5H3. The van der Waals surface area contributed by atoms with Crippen LogP contribution in [0.2, 0.25) is 0 Å². The van der Waals surface area contributed by atoms with Crippen LogP contribution >= 0.6 is 0 Å². The highest BCUT2D eigenvalue weighted by Crippen LogP contribution is 2.30. The van der Waals surface area contributed by atoms with Crippen molar-refractivity contribution in [2.24, 2.45) is 0 Å². The fourth-order valence-corrected chi connectivity index (χ4v) is 4.64. The Hall–Kier alpha value is -3.01. The van der Waals surface area contributed by atoms with Crippen molar-refractivity contribution in [2.75, 3.05) is 31.1 Å². The van der Waals surface area contributed by atoms with Gasteiger partial charge in [-0.3, -0.25) is 4.79 Å². The van der Waals surface area contributed by atoms with E-state index in [1.807, 2.05) is 11.0 Å². The molecule has 0 N–H and O–H groups in total. The Morgan fingerprint density at radius 3 is 2.45 bits per heavy atom. The Morgan fingerprint density at radius 2 is 1.81 bits per heavy atom. The van der Waals surface area contributed by atoms with Crippen LogP contribution in [0.5, 0.6) is 0 Å². The SMILES string of the molecule is C=CCn1c(C(=O)N2CCN(c3cccc(C)c3)CC2)c(C)c2cc(C(C)C)ccc21. The lowest BCUT2D eigenvalue weighted by atomic mass is 10.0. The number of piperazine rings is 1. The van der Waals surface area contributed by atoms with Gasteiger partial charge >= 0.3 is 0 Å². The lowest BCUT2D eigenvalue weighted by Crippen LogP contribution is -2.49. The molecule has 4 heteroatoms. The second-order valence-corrected chi connectivity index (χ2v) is 8.92. The van der Waals surface area contributed by atoms with Crippen molar-refractivity contribution in [3.63, 3.8) is 0 Å². The summed E-state index contributed by atoms with van der Waals surface area (Å²) in [6.45, 7) is 16.4. The molecule has 1 aliphatic rings. The molecule has 4 rings (SSSR count). The van der Waals surface area contributed by atoms with Crippen molar-refractivity contribution in [1.82, 2.24) is 9.47 Å². The summed E-state index contributed by atoms with van der Waals surface area (Å²) in [5.74, 6) is 0.589. The minimum atomic E-state index is 0.130. The second kappa shape index (κ2) is 8.62. The summed E-state index contributed by atoms with van der Waals surface area (Å²) >= 11 is 0. The van der Waals surface area contributed by atoms with E-state index in [1.165, 1.54) is 22.2 Å². The third kappa shape index (κ3) is 3.99. The number of hydrogen-bond acceptors (Lipinski definition) is 2. The van der Waals surface area contributed by atoms with Crippen molar-refractivity contribution in [3.8, 4) is 0 Å². The van der Waals surface area contributed by atoms with E-state index >= 15 is 0 Å². The number of nitrogens with zero attached hydrogens (tertiary/aromatic N) is 3. The molecule has 4 nitrogen and oxygen atoms in total. The summed E-state index contributed by atoms with van der Waals surface area (Å²) in [5, 5.41) is 1.18. The number of carbonyl (C=O) groups is 1. The van der Waals surface area contributed by atoms with Crippen LogP contribution in [0, 0.1) is 13.8 Å². The zero-order valence-corrected chi connectivity index (χ0v) is 19.2. The van der Waals surface area contributed by atoms with Gasteiger partial charge in [0.05, 0.1) is 0 Å². The van der Waals surface area contributed by atoms with E-state index < -0.39 is 0 Å². The Morgan fingerprint density at radius 1 is 1.06 bits per heavy atom. The van der Waals surface area contributed by atoms with E-state index in [0.29, 0.717) is 12.5 Å². The van der Waals surface area contributed by atoms with Gasteiger partial charge in [-0.15, -0.1) is 6.58 Å². The molecule has 162 valence electrons. The number of aromatic nitrogens is 1. The number of hydrogen-bond donors (Lipinski definition) is 0. The first-order chi connectivity index (χ1) is 14.9. The maximum absolute atomic E-state index is 13.7. The van der Waals surface area contributed by atoms with Crippen molar-refractivity contribution in [3.05, 3.63) is 77.5 Å². The normalized spacial score (nSPS) is 14.5. The van der Waals surface area contributed by atoms with E-state index in [0.717, 1.165) is 43.0 Å². The lowest BCUT2D eigenvalue weighted by Gasteiger charge is -2.36. The summed E-state index contributed by atoms with van der Waals surface area (Å²) in [5.41, 5.74) is 6.80. The van der Waals surface area contributed by atoms with Gasteiger partial charge in [0, 0.05) is 49.3 Å². The van der Waals surface area contributed by atoms with Crippen LogP contribution in [0.1, 0.15) is 46.9 Å². The van der Waals surface area contributed by atoms with Crippen LogP contribution < -0.4 is 4.90 Å². The molecule has 1 saturated heterocycles. The number of anilines is 1. The molecule has 2 aromatic carbocycles. The Bertz CT molecular complexity index is 1120. The van der Waals surface area contributed by atoms with Crippen LogP contribution in [0.4, 0.5) is 5.69 Å². The van der Waals surface area contributed by atoms with Crippen LogP contribution in [-0.4, -0.2) is 41.6 Å². The summed E-state index contributed by atoms with van der Waals surface area (Å²) in [6.07, 6.45) is 1.88. The minimum absolute atomic E-state index is 0.130. The van der Waals surface area contributed by atoms with E-state index in [9.17, 15) is 4.79 Å². The Labute approximate surface area is 185 Å². The maximum atomic E-state index is 13.7. The van der Waals surface area contributed by atoms with E-state index in [4.69, 9.17) is 0 Å². The monoisotopic (exact) mass is 415 g/mol. The average molecular weight is 416 g/mol. The van der Waals surface area contributed by atoms with Gasteiger partial charge in [-0.2, -0.15) is 0 Å². The fraction of sp³-hybridized carbons (Fsp3) is 0.370. The quantitative estimate of drug-likeness (QED) is 0.513. The smallest absolute Gasteiger partial charge is 0.270 e. The average Bonchev–Trinajstić information content (AvgIpc) is 3.04. The molecule has 0 bridgehead atoms. The second-order valence-electron chi connectivity index (χ2n) is 8.92. The molecule has 0 aliphatic carbocycles. The van der Waals surface area contributed by atoms with Gasteiger partial charge < -0.3 is 14.4 Å². The van der Waals surface area contributed by atoms with Gasteiger partial charge in [-0.1, -0.05) is 38.1 Å². The van der Waals surface area contributed by atoms with Gasteiger partial charge in [0.1, 0.15) is 5.69 Å². The van der Waals surface area contributed by atoms with Crippen molar-refractivity contribution in [2.45, 2.75) is 40.2 Å². The Balaban J connectivity index is 1.62. The van der Waals surface area contributed by atoms with Gasteiger partial charge in [-0.05, 0) is 60.7 Å². The van der Waals surface area contributed by atoms with Gasteiger partial charge in [0.25, 0.3) is 5.91 Å². The van der Waals surface area contributed by atoms with Gasteiger partial charge in [-0.25, -0.2) is 0 Å². The van der Waals surface area contributed by atoms with E-state index in [1.54, 1.807) is 0 Å². The molecule has 1 fully saturated rings. The predicted octanol–water partition coefficient (Wildman–Crippen LogP) is 5.53. The van der Waals surface area contributed by atoms with Crippen LogP contribution in [0.25, 0.3) is 10.9 Å². The largest absolute Gasteiger partial charge is 0.368 e. The third-order valence-corrected chi connectivity index (χ3v) is 6.46. The highest BCUT2D eigenvalue weighted by Gasteiger charge is 2.27. The molecule has 0 saturated carbocycles. The first-order valence-electron chi connectivity index (χ1n) is 11.2. The fourth-order valence-electron chi connectivity index (χ4n) is 4.64. The summed E-state index contributed by atoms with van der Waals surface area (Å²) in [7, 11) is 0. The third-order valence-electron chi connectivity index (χ3n) is 6.46. The number of amides is 1. The number of carbonyl (C=O) groups excluding carboxylic acids is 1. The summed E-state index contributed by atoms with van der Waals surface area (Å²) in [4.78, 5) is 18.0. The van der Waals surface area contributed by atoms with Gasteiger partial charge in [0.15, 0.2) is 0 Å². The highest BCUT2D eigenvalue weighted by molar-refractivity contribution is 6.02. The van der Waals surface area contributed by atoms with E-state index in [2.05, 4.69) is 86.2 Å². The van der Waals surface area contributed by atoms with Crippen molar-refractivity contribution in [1.29, 1.82) is 0 Å². The number of aryl methyl sites for hydroxylation is 2. The number of rotatable bonds is 5. The summed E-state index contributed by atoms with van der Waals surface area (Å²) < 4.78 is 2.14. The van der Waals surface area contributed by atoms with Crippen molar-refractivity contribution >= 4 is 22.5 Å². The van der Waals surface area contributed by atoms with E-state index in [-0.39, 0.29) is 5.91 Å². The molecule has 0 atom stereocenters. The highest BCUT2D eigenvalue weighted by atomic mass is 16.2. The zero-order chi connectivity index (χ0) is 22.1. The minimum Gasteiger partial charge on any atom is -0.368 e. The summed E-state index contributed by atoms with van der Waals surface area (Å²) in [6, 6.07) is 15.2. The predicted molar refractivity (Wildman–Crippen MR) is 130 cm³/mol. The maximum Gasteiger partial charge on any atom is 0.270 e. The molecule has 3 aromatic rings. The first-order valence-corrected chi connectivity index (χ1v) is 11.2. The molecule has 31 heavy (non-hydrogen) atoms. The van der Waals surface area contributed by atoms with Crippen LogP contribution in [0.15, 0.2) is 55.1 Å². The Kier molecular flexibility index (Phi) is 5.90. The van der Waals surface area contributed by atoms with Crippen molar-refractivity contribution < 1.29 is 4.79 Å². The molecule has 0 unspecified atom stereocenters. The van der Waals surface area contributed by atoms with Crippen LogP contribution in [0.3, 0.4) is 0 Å².